The molecule has 0 amide bonds. The quantitative estimate of drug-likeness (QED) is 0.780. The molecule has 0 aliphatic rings. The number of halogens is 4. The molecule has 0 aromatic heterocycles. The molecule has 0 bridgehead atoms. The van der Waals surface area contributed by atoms with Crippen molar-refractivity contribution in [2.75, 3.05) is 0 Å². The van der Waals surface area contributed by atoms with E-state index in [1.807, 2.05) is 0 Å². The Bertz CT molecular complexity index is 371. The van der Waals surface area contributed by atoms with Gasteiger partial charge in [-0.1, -0.05) is 19.9 Å². The topological polar surface area (TPSA) is 26.0 Å². The van der Waals surface area contributed by atoms with Crippen molar-refractivity contribution in [2.45, 2.75) is 26.1 Å². The first-order chi connectivity index (χ1) is 7.23. The molecule has 0 aliphatic carbocycles. The van der Waals surface area contributed by atoms with Crippen LogP contribution in [0.3, 0.4) is 0 Å². The summed E-state index contributed by atoms with van der Waals surface area (Å²) in [5.74, 6) is -1.28. The fourth-order valence-electron chi connectivity index (χ4n) is 1.35. The van der Waals surface area contributed by atoms with Gasteiger partial charge in [0.15, 0.2) is 0 Å². The van der Waals surface area contributed by atoms with Crippen molar-refractivity contribution in [3.8, 4) is 0 Å². The average molecular weight is 235 g/mol. The third kappa shape index (κ3) is 2.72. The second kappa shape index (κ2) is 4.41. The van der Waals surface area contributed by atoms with Gasteiger partial charge in [-0.2, -0.15) is 13.2 Å². The average Bonchev–Trinajstić information content (AvgIpc) is 2.15. The van der Waals surface area contributed by atoms with Gasteiger partial charge in [0.2, 0.25) is 0 Å². The summed E-state index contributed by atoms with van der Waals surface area (Å²) in [6, 6.07) is 2.34. The molecule has 1 atom stereocenters. The van der Waals surface area contributed by atoms with Gasteiger partial charge in [0.05, 0.1) is 5.56 Å². The Hall–Kier alpha value is -1.10. The summed E-state index contributed by atoms with van der Waals surface area (Å²) in [5, 5.41) is 0. The molecule has 0 radical (unpaired) electrons. The Labute approximate surface area is 91.3 Å². The Kier molecular flexibility index (Phi) is 3.57. The summed E-state index contributed by atoms with van der Waals surface area (Å²) in [5.41, 5.74) is 4.74. The van der Waals surface area contributed by atoms with Gasteiger partial charge >= 0.3 is 6.18 Å². The van der Waals surface area contributed by atoms with Gasteiger partial charge in [0, 0.05) is 6.04 Å². The minimum absolute atomic E-state index is 0.00783. The van der Waals surface area contributed by atoms with Crippen molar-refractivity contribution in [1.82, 2.24) is 0 Å². The molecule has 90 valence electrons. The molecular weight excluding hydrogens is 222 g/mol. The second-order valence-electron chi connectivity index (χ2n) is 4.01. The van der Waals surface area contributed by atoms with Gasteiger partial charge in [-0.25, -0.2) is 4.39 Å². The zero-order chi connectivity index (χ0) is 12.5. The van der Waals surface area contributed by atoms with E-state index in [-0.39, 0.29) is 5.92 Å². The maximum atomic E-state index is 13.0. The van der Waals surface area contributed by atoms with Crippen LogP contribution in [0.25, 0.3) is 0 Å². The molecule has 1 nitrogen and oxygen atoms in total. The highest BCUT2D eigenvalue weighted by Gasteiger charge is 2.34. The zero-order valence-corrected chi connectivity index (χ0v) is 8.98. The molecule has 2 N–H and O–H groups in total. The van der Waals surface area contributed by atoms with Crippen LogP contribution >= 0.6 is 0 Å². The molecule has 1 aromatic carbocycles. The maximum absolute atomic E-state index is 13.0. The highest BCUT2D eigenvalue weighted by atomic mass is 19.4. The summed E-state index contributed by atoms with van der Waals surface area (Å²) in [6.45, 7) is 3.59. The first kappa shape index (κ1) is 13.0. The van der Waals surface area contributed by atoms with E-state index in [1.165, 1.54) is 6.07 Å². The predicted octanol–water partition coefficient (Wildman–Crippen LogP) is 3.50. The van der Waals surface area contributed by atoms with Crippen LogP contribution in [0.4, 0.5) is 17.6 Å². The van der Waals surface area contributed by atoms with Crippen LogP contribution in [0.5, 0.6) is 0 Å². The van der Waals surface area contributed by atoms with Crippen molar-refractivity contribution in [3.63, 3.8) is 0 Å². The summed E-state index contributed by atoms with van der Waals surface area (Å²) in [6.07, 6.45) is -4.68. The molecule has 0 saturated heterocycles. The van der Waals surface area contributed by atoms with Crippen molar-refractivity contribution in [3.05, 3.63) is 35.1 Å². The predicted molar refractivity (Wildman–Crippen MR) is 53.2 cm³/mol. The second-order valence-corrected chi connectivity index (χ2v) is 4.01. The minimum atomic E-state index is -4.68. The normalized spacial score (nSPS) is 14.2. The fraction of sp³-hybridized carbons (Fsp3) is 0.455. The first-order valence-corrected chi connectivity index (χ1v) is 4.85. The zero-order valence-electron chi connectivity index (χ0n) is 8.98. The van der Waals surface area contributed by atoms with Gasteiger partial charge < -0.3 is 5.73 Å². The van der Waals surface area contributed by atoms with E-state index in [9.17, 15) is 17.6 Å². The molecule has 1 aromatic rings. The highest BCUT2D eigenvalue weighted by molar-refractivity contribution is 5.29. The monoisotopic (exact) mass is 235 g/mol. The summed E-state index contributed by atoms with van der Waals surface area (Å²) < 4.78 is 50.2. The molecule has 0 spiro atoms. The van der Waals surface area contributed by atoms with E-state index in [4.69, 9.17) is 5.73 Å². The van der Waals surface area contributed by atoms with E-state index in [0.717, 1.165) is 12.1 Å². The van der Waals surface area contributed by atoms with E-state index in [0.29, 0.717) is 5.56 Å². The standard InChI is InChI=1S/C11H13F4N/c1-6(2)10(16)7-3-4-9(12)8(5-7)11(13,14)15/h3-6,10H,16H2,1-2H3/t10-/m1/s1. The van der Waals surface area contributed by atoms with Gasteiger partial charge in [0.25, 0.3) is 0 Å². The Morgan fingerprint density at radius 3 is 2.19 bits per heavy atom. The molecular formula is C11H13F4N. The van der Waals surface area contributed by atoms with Crippen molar-refractivity contribution >= 4 is 0 Å². The molecule has 5 heteroatoms. The Morgan fingerprint density at radius 2 is 1.75 bits per heavy atom. The van der Waals surface area contributed by atoms with E-state index < -0.39 is 23.6 Å². The van der Waals surface area contributed by atoms with E-state index in [2.05, 4.69) is 0 Å². The number of nitrogens with two attached hydrogens (primary N) is 1. The fourth-order valence-corrected chi connectivity index (χ4v) is 1.35. The van der Waals surface area contributed by atoms with Crippen LogP contribution in [0.1, 0.15) is 31.0 Å². The lowest BCUT2D eigenvalue weighted by molar-refractivity contribution is -0.140. The number of rotatable bonds is 2. The van der Waals surface area contributed by atoms with Crippen LogP contribution in [0, 0.1) is 11.7 Å². The third-order valence-electron chi connectivity index (χ3n) is 2.40. The lowest BCUT2D eigenvalue weighted by Crippen LogP contribution is -2.18. The van der Waals surface area contributed by atoms with Crippen molar-refractivity contribution in [2.24, 2.45) is 11.7 Å². The molecule has 0 saturated carbocycles. The summed E-state index contributed by atoms with van der Waals surface area (Å²) >= 11 is 0. The molecule has 0 heterocycles. The Balaban J connectivity index is 3.18. The van der Waals surface area contributed by atoms with Crippen LogP contribution in [0.2, 0.25) is 0 Å². The molecule has 0 unspecified atom stereocenters. The first-order valence-electron chi connectivity index (χ1n) is 4.85. The van der Waals surface area contributed by atoms with Crippen molar-refractivity contribution in [1.29, 1.82) is 0 Å². The van der Waals surface area contributed by atoms with Crippen LogP contribution in [0.15, 0.2) is 18.2 Å². The summed E-state index contributed by atoms with van der Waals surface area (Å²) in [4.78, 5) is 0. The minimum Gasteiger partial charge on any atom is -0.324 e. The van der Waals surface area contributed by atoms with Gasteiger partial charge in [-0.3, -0.25) is 0 Å². The number of hydrogen-bond acceptors (Lipinski definition) is 1. The molecule has 16 heavy (non-hydrogen) atoms. The van der Waals surface area contributed by atoms with E-state index in [1.54, 1.807) is 13.8 Å². The molecule has 0 fully saturated rings. The van der Waals surface area contributed by atoms with Gasteiger partial charge in [-0.15, -0.1) is 0 Å². The SMILES string of the molecule is CC(C)[C@@H](N)c1ccc(F)c(C(F)(F)F)c1. The summed E-state index contributed by atoms with van der Waals surface area (Å²) in [7, 11) is 0. The number of alkyl halides is 3. The van der Waals surface area contributed by atoms with Gasteiger partial charge in [-0.05, 0) is 23.6 Å². The maximum Gasteiger partial charge on any atom is 0.419 e. The lowest BCUT2D eigenvalue weighted by Gasteiger charge is -2.18. The smallest absolute Gasteiger partial charge is 0.324 e. The molecule has 1 rings (SSSR count). The lowest BCUT2D eigenvalue weighted by atomic mass is 9.95. The van der Waals surface area contributed by atoms with Crippen LogP contribution < -0.4 is 5.73 Å². The number of hydrogen-bond donors (Lipinski definition) is 1. The van der Waals surface area contributed by atoms with E-state index >= 15 is 0 Å². The largest absolute Gasteiger partial charge is 0.419 e. The highest BCUT2D eigenvalue weighted by Crippen LogP contribution is 2.33. The van der Waals surface area contributed by atoms with Gasteiger partial charge in [0.1, 0.15) is 5.82 Å². The van der Waals surface area contributed by atoms with Crippen LogP contribution in [-0.4, -0.2) is 0 Å². The molecule has 0 aliphatic heterocycles. The third-order valence-corrected chi connectivity index (χ3v) is 2.40. The van der Waals surface area contributed by atoms with Crippen molar-refractivity contribution < 1.29 is 17.6 Å². The Morgan fingerprint density at radius 1 is 1.19 bits per heavy atom. The van der Waals surface area contributed by atoms with Crippen LogP contribution in [-0.2, 0) is 6.18 Å². The number of benzene rings is 1.